The van der Waals surface area contributed by atoms with Crippen LogP contribution >= 0.6 is 0 Å². The van der Waals surface area contributed by atoms with Gasteiger partial charge in [-0.05, 0) is 11.6 Å². The van der Waals surface area contributed by atoms with Gasteiger partial charge in [0.05, 0.1) is 12.4 Å². The molecule has 4 nitrogen and oxygen atoms in total. The lowest BCUT2D eigenvalue weighted by Gasteiger charge is -2.37. The SMILES string of the molecule is O=C([O-])/C=C/C(=O)OC(F)(F)C(F)(F)C(F)(CC(F)(F)F)c1ccccc1. The van der Waals surface area contributed by atoms with Gasteiger partial charge in [-0.3, -0.25) is 0 Å². The second-order valence-electron chi connectivity index (χ2n) is 5.12. The molecule has 150 valence electrons. The molecule has 1 aromatic carbocycles. The van der Waals surface area contributed by atoms with Crippen LogP contribution in [-0.4, -0.2) is 30.1 Å². The lowest BCUT2D eigenvalue weighted by molar-refractivity contribution is -0.374. The van der Waals surface area contributed by atoms with Gasteiger partial charge in [0.1, 0.15) is 0 Å². The van der Waals surface area contributed by atoms with E-state index >= 15 is 0 Å². The van der Waals surface area contributed by atoms with Crippen molar-refractivity contribution in [2.75, 3.05) is 0 Å². The van der Waals surface area contributed by atoms with Crippen LogP contribution in [0, 0.1) is 0 Å². The molecule has 0 heterocycles. The van der Waals surface area contributed by atoms with E-state index in [-0.39, 0.29) is 12.2 Å². The number of halogens is 8. The summed E-state index contributed by atoms with van der Waals surface area (Å²) in [6.45, 7) is 0. The second kappa shape index (κ2) is 7.53. The topological polar surface area (TPSA) is 66.4 Å². The molecule has 0 saturated heterocycles. The summed E-state index contributed by atoms with van der Waals surface area (Å²) in [6, 6.07) is 3.63. The van der Waals surface area contributed by atoms with E-state index in [0.717, 1.165) is 18.2 Å². The summed E-state index contributed by atoms with van der Waals surface area (Å²) in [5.74, 6) is -10.6. The molecular formula is C15H9F8O4-. The Hall–Kier alpha value is -2.66. The maximum Gasteiger partial charge on any atom is 0.470 e. The zero-order valence-electron chi connectivity index (χ0n) is 12.9. The van der Waals surface area contributed by atoms with Gasteiger partial charge in [0, 0.05) is 6.08 Å². The minimum atomic E-state index is -6.18. The highest BCUT2D eigenvalue weighted by molar-refractivity contribution is 5.90. The van der Waals surface area contributed by atoms with E-state index in [2.05, 4.69) is 4.74 Å². The Morgan fingerprint density at radius 2 is 1.44 bits per heavy atom. The monoisotopic (exact) mass is 405 g/mol. The van der Waals surface area contributed by atoms with Crippen molar-refractivity contribution in [3.8, 4) is 0 Å². The zero-order valence-corrected chi connectivity index (χ0v) is 12.9. The number of esters is 1. The van der Waals surface area contributed by atoms with Crippen molar-refractivity contribution in [3.05, 3.63) is 48.0 Å². The fourth-order valence-corrected chi connectivity index (χ4v) is 1.96. The minimum absolute atomic E-state index is 0.161. The maximum atomic E-state index is 14.8. The summed E-state index contributed by atoms with van der Waals surface area (Å²) in [4.78, 5) is 21.0. The van der Waals surface area contributed by atoms with E-state index in [1.165, 1.54) is 0 Å². The largest absolute Gasteiger partial charge is 0.545 e. The molecule has 1 rings (SSSR count). The summed E-state index contributed by atoms with van der Waals surface area (Å²) >= 11 is 0. The molecule has 0 bridgehead atoms. The third-order valence-corrected chi connectivity index (χ3v) is 3.12. The highest BCUT2D eigenvalue weighted by Crippen LogP contribution is 2.54. The molecule has 1 atom stereocenters. The Morgan fingerprint density at radius 1 is 0.926 bits per heavy atom. The van der Waals surface area contributed by atoms with Crippen molar-refractivity contribution >= 4 is 11.9 Å². The van der Waals surface area contributed by atoms with Crippen LogP contribution in [0.1, 0.15) is 12.0 Å². The number of carboxylic acid groups (broad SMARTS) is 1. The fraction of sp³-hybridized carbons (Fsp3) is 0.333. The predicted octanol–water partition coefficient (Wildman–Crippen LogP) is 2.88. The van der Waals surface area contributed by atoms with Gasteiger partial charge >= 0.3 is 24.2 Å². The number of carbonyl (C=O) groups is 2. The molecule has 27 heavy (non-hydrogen) atoms. The minimum Gasteiger partial charge on any atom is -0.545 e. The Bertz CT molecular complexity index is 714. The molecule has 1 unspecified atom stereocenters. The molecule has 0 aliphatic heterocycles. The average Bonchev–Trinajstić information content (AvgIpc) is 2.51. The highest BCUT2D eigenvalue weighted by Gasteiger charge is 2.75. The third-order valence-electron chi connectivity index (χ3n) is 3.12. The fourth-order valence-electron chi connectivity index (χ4n) is 1.96. The van der Waals surface area contributed by atoms with Gasteiger partial charge in [-0.1, -0.05) is 30.3 Å². The summed E-state index contributed by atoms with van der Waals surface area (Å²) in [5, 5.41) is 10.0. The number of benzene rings is 1. The lowest BCUT2D eigenvalue weighted by atomic mass is 9.85. The highest BCUT2D eigenvalue weighted by atomic mass is 19.4. The number of hydrogen-bond acceptors (Lipinski definition) is 4. The van der Waals surface area contributed by atoms with Crippen LogP contribution in [0.25, 0.3) is 0 Å². The molecule has 0 spiro atoms. The number of hydrogen-bond donors (Lipinski definition) is 0. The van der Waals surface area contributed by atoms with Gasteiger partial charge in [0.2, 0.25) is 5.67 Å². The molecule has 0 aliphatic carbocycles. The first-order valence-electron chi connectivity index (χ1n) is 6.81. The van der Waals surface area contributed by atoms with Gasteiger partial charge in [0.25, 0.3) is 0 Å². The van der Waals surface area contributed by atoms with Crippen molar-refractivity contribution in [1.82, 2.24) is 0 Å². The Balaban J connectivity index is 3.37. The quantitative estimate of drug-likeness (QED) is 0.398. The van der Waals surface area contributed by atoms with Crippen molar-refractivity contribution in [1.29, 1.82) is 0 Å². The first-order chi connectivity index (χ1) is 12.1. The van der Waals surface area contributed by atoms with Crippen LogP contribution < -0.4 is 5.11 Å². The van der Waals surface area contributed by atoms with Crippen LogP contribution in [0.5, 0.6) is 0 Å². The Labute approximate surface area is 146 Å². The number of ether oxygens (including phenoxy) is 1. The van der Waals surface area contributed by atoms with E-state index in [0.29, 0.717) is 12.1 Å². The smallest absolute Gasteiger partial charge is 0.470 e. The molecule has 0 fully saturated rings. The molecule has 1 aromatic rings. The summed E-state index contributed by atoms with van der Waals surface area (Å²) < 4.78 is 111. The molecular weight excluding hydrogens is 396 g/mol. The normalized spacial score (nSPS) is 15.4. The number of carboxylic acids is 1. The number of aliphatic carboxylic acids is 1. The van der Waals surface area contributed by atoms with Gasteiger partial charge in [0.15, 0.2) is 0 Å². The van der Waals surface area contributed by atoms with Crippen LogP contribution in [0.2, 0.25) is 0 Å². The first kappa shape index (κ1) is 22.4. The lowest BCUT2D eigenvalue weighted by Crippen LogP contribution is -2.57. The van der Waals surface area contributed by atoms with Crippen molar-refractivity contribution < 1.29 is 54.6 Å². The van der Waals surface area contributed by atoms with E-state index in [1.807, 2.05) is 0 Å². The molecule has 12 heteroatoms. The van der Waals surface area contributed by atoms with Crippen molar-refractivity contribution in [3.63, 3.8) is 0 Å². The van der Waals surface area contributed by atoms with Crippen molar-refractivity contribution in [2.45, 2.75) is 30.3 Å². The molecule has 0 amide bonds. The zero-order chi connectivity index (χ0) is 21.1. The van der Waals surface area contributed by atoms with Crippen LogP contribution in [0.15, 0.2) is 42.5 Å². The summed E-state index contributed by atoms with van der Waals surface area (Å²) in [7, 11) is 0. The maximum absolute atomic E-state index is 14.8. The van der Waals surface area contributed by atoms with Crippen LogP contribution in [-0.2, 0) is 20.0 Å². The number of carbonyl (C=O) groups excluding carboxylic acids is 2. The third kappa shape index (κ3) is 5.17. The molecule has 0 aromatic heterocycles. The van der Waals surface area contributed by atoms with Gasteiger partial charge in [-0.15, -0.1) is 0 Å². The molecule has 0 N–H and O–H groups in total. The van der Waals surface area contributed by atoms with Crippen LogP contribution in [0.4, 0.5) is 35.1 Å². The molecule has 0 aliphatic rings. The first-order valence-corrected chi connectivity index (χ1v) is 6.81. The summed E-state index contributed by atoms with van der Waals surface area (Å²) in [5.41, 5.74) is -6.44. The predicted molar refractivity (Wildman–Crippen MR) is 70.0 cm³/mol. The Morgan fingerprint density at radius 3 is 1.89 bits per heavy atom. The van der Waals surface area contributed by atoms with E-state index in [4.69, 9.17) is 0 Å². The standard InChI is InChI=1S/C15H10F8O4/c16-12(8-13(17,18)19,9-4-2-1-3-5-9)14(20,21)15(22,23)27-11(26)7-6-10(24)25/h1-7H,8H2,(H,24,25)/p-1/b7-6+. The Kier molecular flexibility index (Phi) is 6.24. The van der Waals surface area contributed by atoms with Gasteiger partial charge < -0.3 is 14.6 Å². The number of rotatable bonds is 7. The van der Waals surface area contributed by atoms with Gasteiger partial charge in [-0.25, -0.2) is 9.18 Å². The van der Waals surface area contributed by atoms with Crippen LogP contribution in [0.3, 0.4) is 0 Å². The van der Waals surface area contributed by atoms with E-state index in [9.17, 15) is 49.8 Å². The van der Waals surface area contributed by atoms with E-state index < -0.39 is 47.8 Å². The van der Waals surface area contributed by atoms with Gasteiger partial charge in [-0.2, -0.15) is 30.7 Å². The summed E-state index contributed by atoms with van der Waals surface area (Å²) in [6.07, 6.45) is -15.1. The molecule has 0 saturated carbocycles. The van der Waals surface area contributed by atoms with Crippen molar-refractivity contribution in [2.24, 2.45) is 0 Å². The molecule has 0 radical (unpaired) electrons. The van der Waals surface area contributed by atoms with E-state index in [1.54, 1.807) is 0 Å². The average molecular weight is 405 g/mol. The number of alkyl halides is 8. The second-order valence-corrected chi connectivity index (χ2v) is 5.12.